The highest BCUT2D eigenvalue weighted by Crippen LogP contribution is 2.37. The Morgan fingerprint density at radius 2 is 2.00 bits per heavy atom. The van der Waals surface area contributed by atoms with Crippen molar-refractivity contribution in [2.24, 2.45) is 17.8 Å². The lowest BCUT2D eigenvalue weighted by Gasteiger charge is -2.50. The third-order valence-corrected chi connectivity index (χ3v) is 4.41. The number of nitrogens with one attached hydrogen (secondary N) is 1. The van der Waals surface area contributed by atoms with Gasteiger partial charge in [-0.25, -0.2) is 0 Å². The summed E-state index contributed by atoms with van der Waals surface area (Å²) in [4.78, 5) is 0. The van der Waals surface area contributed by atoms with E-state index in [9.17, 15) is 0 Å². The normalized spacial score (nSPS) is 46.9. The van der Waals surface area contributed by atoms with Gasteiger partial charge in [0.1, 0.15) is 0 Å². The minimum absolute atomic E-state index is 0.0477. The third-order valence-electron chi connectivity index (χ3n) is 4.41. The van der Waals surface area contributed by atoms with Crippen molar-refractivity contribution in [1.82, 2.24) is 5.32 Å². The molecule has 0 radical (unpaired) electrons. The van der Waals surface area contributed by atoms with Crippen molar-refractivity contribution in [3.8, 4) is 0 Å². The summed E-state index contributed by atoms with van der Waals surface area (Å²) in [6, 6.07) is 0.589. The molecule has 0 aromatic carbocycles. The molecule has 1 saturated heterocycles. The molecule has 0 bridgehead atoms. The summed E-state index contributed by atoms with van der Waals surface area (Å²) >= 11 is 0. The van der Waals surface area contributed by atoms with Crippen LogP contribution in [0.3, 0.4) is 0 Å². The van der Waals surface area contributed by atoms with Crippen molar-refractivity contribution in [1.29, 1.82) is 0 Å². The number of fused-ring (bicyclic) bond motifs is 1. The quantitative estimate of drug-likeness (QED) is 0.799. The van der Waals surface area contributed by atoms with Gasteiger partial charge >= 0.3 is 0 Å². The van der Waals surface area contributed by atoms with Crippen LogP contribution in [0.5, 0.6) is 0 Å². The van der Waals surface area contributed by atoms with Gasteiger partial charge in [0.05, 0.1) is 11.7 Å². The van der Waals surface area contributed by atoms with E-state index >= 15 is 0 Å². The first kappa shape index (κ1) is 13.4. The number of morpholine rings is 1. The second-order valence-electron chi connectivity index (χ2n) is 7.16. The first-order valence-corrected chi connectivity index (χ1v) is 7.31. The molecule has 1 N–H and O–H groups in total. The summed E-state index contributed by atoms with van der Waals surface area (Å²) in [5.74, 6) is 2.28. The largest absolute Gasteiger partial charge is 0.369 e. The topological polar surface area (TPSA) is 21.3 Å². The molecule has 1 aliphatic heterocycles. The zero-order chi connectivity index (χ0) is 12.6. The molecule has 0 amide bonds. The first-order chi connectivity index (χ1) is 7.89. The second-order valence-corrected chi connectivity index (χ2v) is 7.16. The van der Waals surface area contributed by atoms with Crippen LogP contribution in [0.4, 0.5) is 0 Å². The van der Waals surface area contributed by atoms with E-state index in [0.717, 1.165) is 24.8 Å². The molecule has 5 atom stereocenters. The molecule has 0 aromatic heterocycles. The molecule has 2 nitrogen and oxygen atoms in total. The maximum atomic E-state index is 6.47. The molecule has 2 rings (SSSR count). The van der Waals surface area contributed by atoms with E-state index < -0.39 is 0 Å². The smallest absolute Gasteiger partial charge is 0.0785 e. The Morgan fingerprint density at radius 3 is 2.65 bits per heavy atom. The van der Waals surface area contributed by atoms with Crippen LogP contribution in [-0.4, -0.2) is 24.3 Å². The van der Waals surface area contributed by atoms with Crippen LogP contribution in [0, 0.1) is 17.8 Å². The predicted molar refractivity (Wildman–Crippen MR) is 72.1 cm³/mol. The number of rotatable bonds is 2. The lowest BCUT2D eigenvalue weighted by Crippen LogP contribution is -2.62. The Labute approximate surface area is 107 Å². The van der Waals surface area contributed by atoms with Crippen LogP contribution in [-0.2, 0) is 4.74 Å². The fraction of sp³-hybridized carbons (Fsp3) is 1.00. The van der Waals surface area contributed by atoms with Gasteiger partial charge in [-0.3, -0.25) is 0 Å². The highest BCUT2D eigenvalue weighted by atomic mass is 16.5. The summed E-state index contributed by atoms with van der Waals surface area (Å²) in [6.45, 7) is 12.6. The monoisotopic (exact) mass is 239 g/mol. The number of hydrogen-bond donors (Lipinski definition) is 1. The molecule has 1 aliphatic carbocycles. The average Bonchev–Trinajstić information content (AvgIpc) is 2.13. The van der Waals surface area contributed by atoms with Crippen molar-refractivity contribution in [3.63, 3.8) is 0 Å². The standard InChI is InChI=1S/C15H29NO/c1-10(2)8-15(5)9-16-14-12(4)6-11(3)7-13(14)17-15/h10-14,16H,6-9H2,1-5H3. The van der Waals surface area contributed by atoms with E-state index in [1.165, 1.54) is 12.8 Å². The van der Waals surface area contributed by atoms with E-state index in [1.54, 1.807) is 0 Å². The van der Waals surface area contributed by atoms with Gasteiger partial charge in [-0.15, -0.1) is 0 Å². The van der Waals surface area contributed by atoms with Crippen molar-refractivity contribution in [2.75, 3.05) is 6.54 Å². The van der Waals surface area contributed by atoms with Gasteiger partial charge in [-0.1, -0.05) is 27.7 Å². The lowest BCUT2D eigenvalue weighted by atomic mass is 9.76. The Balaban J connectivity index is 2.02. The minimum atomic E-state index is 0.0477. The average molecular weight is 239 g/mol. The van der Waals surface area contributed by atoms with Crippen LogP contribution in [0.15, 0.2) is 0 Å². The molecular formula is C15H29NO. The molecule has 17 heavy (non-hydrogen) atoms. The van der Waals surface area contributed by atoms with E-state index in [4.69, 9.17) is 4.74 Å². The molecule has 2 heteroatoms. The van der Waals surface area contributed by atoms with Crippen LogP contribution in [0.25, 0.3) is 0 Å². The van der Waals surface area contributed by atoms with E-state index in [0.29, 0.717) is 18.1 Å². The van der Waals surface area contributed by atoms with Gasteiger partial charge in [0.25, 0.3) is 0 Å². The fourth-order valence-corrected chi connectivity index (χ4v) is 3.97. The number of ether oxygens (including phenoxy) is 1. The van der Waals surface area contributed by atoms with Crippen LogP contribution >= 0.6 is 0 Å². The van der Waals surface area contributed by atoms with Crippen LogP contribution in [0.1, 0.15) is 53.9 Å². The molecule has 0 spiro atoms. The molecule has 100 valence electrons. The van der Waals surface area contributed by atoms with Gasteiger partial charge < -0.3 is 10.1 Å². The van der Waals surface area contributed by atoms with Crippen LogP contribution < -0.4 is 5.32 Å². The Bertz CT molecular complexity index is 266. The maximum Gasteiger partial charge on any atom is 0.0785 e. The lowest BCUT2D eigenvalue weighted by molar-refractivity contribution is -0.158. The van der Waals surface area contributed by atoms with Crippen molar-refractivity contribution in [2.45, 2.75) is 71.6 Å². The highest BCUT2D eigenvalue weighted by Gasteiger charge is 2.43. The van der Waals surface area contributed by atoms with Gasteiger partial charge in [-0.2, -0.15) is 0 Å². The SMILES string of the molecule is CC(C)CC1(C)CNC2C(C)CC(C)CC2O1. The summed E-state index contributed by atoms with van der Waals surface area (Å²) < 4.78 is 6.47. The highest BCUT2D eigenvalue weighted by molar-refractivity contribution is 4.97. The summed E-state index contributed by atoms with van der Waals surface area (Å²) in [7, 11) is 0. The zero-order valence-electron chi connectivity index (χ0n) is 12.1. The van der Waals surface area contributed by atoms with Gasteiger partial charge in [-0.05, 0) is 43.9 Å². The molecule has 2 aliphatic rings. The van der Waals surface area contributed by atoms with E-state index in [-0.39, 0.29) is 5.60 Å². The second kappa shape index (κ2) is 4.89. The van der Waals surface area contributed by atoms with Crippen molar-refractivity contribution < 1.29 is 4.74 Å². The van der Waals surface area contributed by atoms with Crippen LogP contribution in [0.2, 0.25) is 0 Å². The van der Waals surface area contributed by atoms with E-state index in [1.807, 2.05) is 0 Å². The molecule has 1 heterocycles. The Morgan fingerprint density at radius 1 is 1.29 bits per heavy atom. The molecule has 2 fully saturated rings. The predicted octanol–water partition coefficient (Wildman–Crippen LogP) is 3.21. The molecular weight excluding hydrogens is 210 g/mol. The minimum Gasteiger partial charge on any atom is -0.369 e. The van der Waals surface area contributed by atoms with Gasteiger partial charge in [0.2, 0.25) is 0 Å². The molecule has 5 unspecified atom stereocenters. The number of hydrogen-bond acceptors (Lipinski definition) is 2. The van der Waals surface area contributed by atoms with Gasteiger partial charge in [0.15, 0.2) is 0 Å². The summed E-state index contributed by atoms with van der Waals surface area (Å²) in [5.41, 5.74) is 0.0477. The van der Waals surface area contributed by atoms with Crippen molar-refractivity contribution in [3.05, 3.63) is 0 Å². The third kappa shape index (κ3) is 3.03. The zero-order valence-corrected chi connectivity index (χ0v) is 12.1. The first-order valence-electron chi connectivity index (χ1n) is 7.31. The Kier molecular flexibility index (Phi) is 3.84. The summed E-state index contributed by atoms with van der Waals surface area (Å²) in [6.07, 6.45) is 4.17. The molecule has 1 saturated carbocycles. The Hall–Kier alpha value is -0.0800. The summed E-state index contributed by atoms with van der Waals surface area (Å²) in [5, 5.41) is 3.76. The molecule has 0 aromatic rings. The van der Waals surface area contributed by atoms with Crippen molar-refractivity contribution >= 4 is 0 Å². The fourth-order valence-electron chi connectivity index (χ4n) is 3.97. The van der Waals surface area contributed by atoms with E-state index in [2.05, 4.69) is 39.9 Å². The maximum absolute atomic E-state index is 6.47. The van der Waals surface area contributed by atoms with Gasteiger partial charge in [0, 0.05) is 12.6 Å².